The molecule has 2 fully saturated rings. The summed E-state index contributed by atoms with van der Waals surface area (Å²) < 4.78 is 14.9. The smallest absolute Gasteiger partial charge is 0.246 e. The molecule has 0 aromatic carbocycles. The third-order valence-electron chi connectivity index (χ3n) is 12.7. The number of aryl methyl sites for hydroxylation is 1. The molecule has 12 nitrogen and oxygen atoms in total. The summed E-state index contributed by atoms with van der Waals surface area (Å²) in [6.07, 6.45) is 9.06. The number of nitrogen functional groups attached to an aromatic ring is 1. The lowest BCUT2D eigenvalue weighted by Gasteiger charge is -2.42. The Kier molecular flexibility index (Phi) is 6.79. The highest BCUT2D eigenvalue weighted by Gasteiger charge is 2.49. The van der Waals surface area contributed by atoms with Crippen LogP contribution in [0.25, 0.3) is 22.6 Å². The molecule has 49 heavy (non-hydrogen) atoms. The summed E-state index contributed by atoms with van der Waals surface area (Å²) >= 11 is 1.55. The molecule has 5 atom stereocenters. The maximum absolute atomic E-state index is 11.3. The van der Waals surface area contributed by atoms with Gasteiger partial charge in [-0.15, -0.1) is 16.4 Å². The van der Waals surface area contributed by atoms with Gasteiger partial charge < -0.3 is 25.0 Å². The molecule has 0 bridgehead atoms. The number of likely N-dealkylation sites (N-methyl/N-ethyl adjacent to an activating group) is 1. The normalized spacial score (nSPS) is 29.6. The molecular weight excluding hydrogens is 639 g/mol. The molecule has 1 spiro atoms. The van der Waals surface area contributed by atoms with Gasteiger partial charge >= 0.3 is 0 Å². The van der Waals surface area contributed by atoms with E-state index in [4.69, 9.17) is 35.2 Å². The number of fused-ring (bicyclic) bond motifs is 6. The Labute approximate surface area is 290 Å². The summed E-state index contributed by atoms with van der Waals surface area (Å²) in [5, 5.41) is 32.7. The summed E-state index contributed by atoms with van der Waals surface area (Å²) in [6.45, 7) is 9.63. The molecule has 0 saturated carbocycles. The lowest BCUT2D eigenvalue weighted by atomic mass is 9.63. The first-order valence-corrected chi connectivity index (χ1v) is 18.7. The lowest BCUT2D eigenvalue weighted by molar-refractivity contribution is 0.0321. The minimum Gasteiger partial charge on any atom is -0.474 e. The number of ether oxygens (including phenoxy) is 1. The van der Waals surface area contributed by atoms with E-state index >= 15 is 0 Å². The van der Waals surface area contributed by atoms with E-state index in [0.717, 1.165) is 85.9 Å². The number of hydrogen-bond acceptors (Lipinski definition) is 12. The number of rotatable bonds is 3. The summed E-state index contributed by atoms with van der Waals surface area (Å²) in [5.74, 6) is 2.61. The van der Waals surface area contributed by atoms with E-state index in [-0.39, 0.29) is 23.7 Å². The zero-order valence-electron chi connectivity index (χ0n) is 29.0. The van der Waals surface area contributed by atoms with Gasteiger partial charge in [-0.1, -0.05) is 5.16 Å². The Balaban J connectivity index is 1.24. The van der Waals surface area contributed by atoms with Crippen molar-refractivity contribution in [1.82, 2.24) is 29.8 Å². The van der Waals surface area contributed by atoms with Crippen molar-refractivity contribution < 1.29 is 14.4 Å². The van der Waals surface area contributed by atoms with E-state index in [2.05, 4.69) is 43.7 Å². The average Bonchev–Trinajstić information content (AvgIpc) is 3.80. The first kappa shape index (κ1) is 31.3. The maximum Gasteiger partial charge on any atom is 0.246 e. The van der Waals surface area contributed by atoms with Crippen LogP contribution in [0.2, 0.25) is 0 Å². The van der Waals surface area contributed by atoms with Crippen molar-refractivity contribution in [3.05, 3.63) is 27.3 Å². The molecule has 3 aliphatic heterocycles. The van der Waals surface area contributed by atoms with E-state index in [1.165, 1.54) is 4.88 Å². The molecule has 258 valence electrons. The second-order valence-electron chi connectivity index (χ2n) is 16.1. The van der Waals surface area contributed by atoms with Crippen LogP contribution in [0.3, 0.4) is 0 Å². The van der Waals surface area contributed by atoms with Crippen molar-refractivity contribution in [2.24, 2.45) is 0 Å². The van der Waals surface area contributed by atoms with Gasteiger partial charge in [0.25, 0.3) is 0 Å². The molecule has 2 saturated heterocycles. The molecule has 0 unspecified atom stereocenters. The van der Waals surface area contributed by atoms with Crippen LogP contribution in [0.5, 0.6) is 5.88 Å². The van der Waals surface area contributed by atoms with Crippen LogP contribution in [-0.2, 0) is 18.3 Å². The molecule has 2 aliphatic carbocycles. The van der Waals surface area contributed by atoms with Crippen molar-refractivity contribution in [2.75, 3.05) is 30.8 Å². The van der Waals surface area contributed by atoms with Crippen molar-refractivity contribution in [1.29, 1.82) is 5.26 Å². The molecule has 9 rings (SSSR count). The molecular formula is C36H45N9O3S. The van der Waals surface area contributed by atoms with Crippen LogP contribution in [0, 0.1) is 11.3 Å². The van der Waals surface area contributed by atoms with Crippen molar-refractivity contribution in [2.45, 2.75) is 127 Å². The first-order chi connectivity index (χ1) is 23.4. The molecule has 13 heteroatoms. The fourth-order valence-corrected chi connectivity index (χ4v) is 10.9. The molecule has 7 heterocycles. The van der Waals surface area contributed by atoms with Gasteiger partial charge in [0.2, 0.25) is 5.88 Å². The van der Waals surface area contributed by atoms with Gasteiger partial charge in [0.15, 0.2) is 22.9 Å². The molecule has 4 aromatic heterocycles. The van der Waals surface area contributed by atoms with Crippen LogP contribution in [0.4, 0.5) is 10.8 Å². The number of nitrogens with zero attached hydrogens (tertiary/aromatic N) is 8. The van der Waals surface area contributed by atoms with Crippen molar-refractivity contribution in [3.63, 3.8) is 0 Å². The van der Waals surface area contributed by atoms with E-state index in [9.17, 15) is 10.4 Å². The summed E-state index contributed by atoms with van der Waals surface area (Å²) in [7, 11) is 2.21. The van der Waals surface area contributed by atoms with Crippen LogP contribution in [0.1, 0.15) is 112 Å². The van der Waals surface area contributed by atoms with Gasteiger partial charge in [-0.05, 0) is 105 Å². The Morgan fingerprint density at radius 3 is 2.65 bits per heavy atom. The van der Waals surface area contributed by atoms with Gasteiger partial charge in [-0.2, -0.15) is 5.26 Å². The van der Waals surface area contributed by atoms with Crippen LogP contribution in [0.15, 0.2) is 4.52 Å². The number of aromatic nitrogens is 5. The zero-order chi connectivity index (χ0) is 34.0. The van der Waals surface area contributed by atoms with Crippen molar-refractivity contribution >= 4 is 33.2 Å². The number of nitrogens with two attached hydrogens (primary N) is 1. The number of anilines is 2. The highest BCUT2D eigenvalue weighted by atomic mass is 32.1. The number of hydrogen-bond donors (Lipinski definition) is 2. The Morgan fingerprint density at radius 2 is 1.90 bits per heavy atom. The number of piperidine rings is 1. The third kappa shape index (κ3) is 4.45. The Bertz CT molecular complexity index is 2030. The van der Waals surface area contributed by atoms with Gasteiger partial charge in [0.1, 0.15) is 28.9 Å². The topological polar surface area (TPSA) is 155 Å². The fourth-order valence-electron chi connectivity index (χ4n) is 9.76. The lowest BCUT2D eigenvalue weighted by Crippen LogP contribution is -2.53. The second kappa shape index (κ2) is 10.6. The second-order valence-corrected chi connectivity index (χ2v) is 17.2. The van der Waals surface area contributed by atoms with Crippen LogP contribution in [-0.4, -0.2) is 78.3 Å². The number of nitriles is 1. The van der Waals surface area contributed by atoms with E-state index in [1.54, 1.807) is 11.3 Å². The standard InChI is InChI=1S/C36H45N9O3S/c1-19(23-11-14-34(2,3)43(23)5)45-32-25-31(44-18-35(4,46)15-10-20(44)17-47-33(25)41-45)39-30(40-32)27-21-8-6-12-36(28(21)48-42-27)13-7-9-24-26(36)22(16-37)29(38)49-24/h19-20,23,46H,6-15,17-18,38H2,1-5H3/t19-,20+,23-,35+,36-/m0/s1. The molecule has 4 aromatic rings. The minimum atomic E-state index is -0.862. The molecule has 5 aliphatic rings. The van der Waals surface area contributed by atoms with Gasteiger partial charge in [0.05, 0.1) is 28.7 Å². The van der Waals surface area contributed by atoms with Gasteiger partial charge in [-0.3, -0.25) is 4.90 Å². The summed E-state index contributed by atoms with van der Waals surface area (Å²) in [4.78, 5) is 16.4. The number of aliphatic hydroxyl groups is 1. The largest absolute Gasteiger partial charge is 0.474 e. The highest BCUT2D eigenvalue weighted by molar-refractivity contribution is 7.16. The summed E-state index contributed by atoms with van der Waals surface area (Å²) in [6, 6.07) is 2.76. The highest BCUT2D eigenvalue weighted by Crippen LogP contribution is 2.55. The maximum atomic E-state index is 11.3. The fraction of sp³-hybridized carbons (Fsp3) is 0.639. The van der Waals surface area contributed by atoms with Crippen LogP contribution >= 0.6 is 11.3 Å². The van der Waals surface area contributed by atoms with Gasteiger partial charge in [-0.25, -0.2) is 14.6 Å². The minimum absolute atomic E-state index is 0.0190. The van der Waals surface area contributed by atoms with E-state index in [1.807, 2.05) is 11.6 Å². The van der Waals surface area contributed by atoms with E-state index < -0.39 is 11.0 Å². The first-order valence-electron chi connectivity index (χ1n) is 17.9. The third-order valence-corrected chi connectivity index (χ3v) is 13.7. The molecule has 3 N–H and O–H groups in total. The van der Waals surface area contributed by atoms with Crippen LogP contribution < -0.4 is 15.4 Å². The SMILES string of the molecule is C[C@@H]([C@@H]1CCC(C)(C)N1C)n1nc2c3c(nc(-c4noc5c4CCC[C@@]54CCCc5sc(N)c(C#N)c54)nc31)N1C[C@](C)(O)CC[C@@H]1CO2. The predicted octanol–water partition coefficient (Wildman–Crippen LogP) is 5.50. The Morgan fingerprint density at radius 1 is 1.10 bits per heavy atom. The van der Waals surface area contributed by atoms with Crippen molar-refractivity contribution in [3.8, 4) is 23.5 Å². The summed E-state index contributed by atoms with van der Waals surface area (Å²) in [5.41, 5.74) is 9.22. The number of likely N-dealkylation sites (tertiary alicyclic amines) is 1. The monoisotopic (exact) mass is 683 g/mol. The van der Waals surface area contributed by atoms with E-state index in [0.29, 0.717) is 53.2 Å². The van der Waals surface area contributed by atoms with Gasteiger partial charge in [0, 0.05) is 28.6 Å². The predicted molar refractivity (Wildman–Crippen MR) is 187 cm³/mol. The average molecular weight is 684 g/mol. The Hall–Kier alpha value is -3.73. The molecule has 0 radical (unpaired) electrons. The number of thiophene rings is 1. The molecule has 0 amide bonds. The zero-order valence-corrected chi connectivity index (χ0v) is 29.9. The quantitative estimate of drug-likeness (QED) is 0.281.